The average Bonchev–Trinajstić information content (AvgIpc) is 3.05. The van der Waals surface area contributed by atoms with E-state index in [1.54, 1.807) is 0 Å². The third-order valence-electron chi connectivity index (χ3n) is 8.04. The van der Waals surface area contributed by atoms with Crippen molar-refractivity contribution < 1.29 is 4.79 Å². The number of hydrogen-bond donors (Lipinski definition) is 1. The van der Waals surface area contributed by atoms with Gasteiger partial charge in [0, 0.05) is 48.9 Å². The lowest BCUT2D eigenvalue weighted by molar-refractivity contribution is -0.122. The fourth-order valence-corrected chi connectivity index (χ4v) is 7.44. The first-order valence-corrected chi connectivity index (χ1v) is 14.3. The molecule has 5 heteroatoms. The number of carbonyl (C=O) groups is 1. The summed E-state index contributed by atoms with van der Waals surface area (Å²) in [6.07, 6.45) is 7.93. The van der Waals surface area contributed by atoms with E-state index in [0.29, 0.717) is 12.3 Å². The van der Waals surface area contributed by atoms with Gasteiger partial charge in [0.1, 0.15) is 0 Å². The first-order valence-electron chi connectivity index (χ1n) is 13.3. The lowest BCUT2D eigenvalue weighted by Crippen LogP contribution is -2.46. The molecule has 3 atom stereocenters. The van der Waals surface area contributed by atoms with Gasteiger partial charge in [-0.3, -0.25) is 9.69 Å². The monoisotopic (exact) mass is 477 g/mol. The van der Waals surface area contributed by atoms with Crippen molar-refractivity contribution in [1.29, 1.82) is 0 Å². The molecule has 2 aliphatic heterocycles. The van der Waals surface area contributed by atoms with Gasteiger partial charge in [-0.05, 0) is 67.8 Å². The summed E-state index contributed by atoms with van der Waals surface area (Å²) in [6.45, 7) is 5.50. The average molecular weight is 478 g/mol. The Hall–Kier alpha value is -1.98. The maximum Gasteiger partial charge on any atom is 0.220 e. The molecule has 34 heavy (non-hydrogen) atoms. The van der Waals surface area contributed by atoms with Gasteiger partial charge in [0.2, 0.25) is 5.91 Å². The molecule has 0 aromatic heterocycles. The second-order valence-corrected chi connectivity index (χ2v) is 11.3. The van der Waals surface area contributed by atoms with Crippen molar-refractivity contribution in [2.75, 3.05) is 43.4 Å². The Morgan fingerprint density at radius 1 is 0.912 bits per heavy atom. The number of amides is 1. The third kappa shape index (κ3) is 5.80. The van der Waals surface area contributed by atoms with Crippen molar-refractivity contribution in [2.24, 2.45) is 11.8 Å². The van der Waals surface area contributed by atoms with Crippen LogP contribution < -0.4 is 10.2 Å². The molecule has 0 spiro atoms. The van der Waals surface area contributed by atoms with Crippen LogP contribution in [-0.4, -0.2) is 49.3 Å². The van der Waals surface area contributed by atoms with Crippen molar-refractivity contribution in [3.8, 4) is 0 Å². The Labute approximate surface area is 209 Å². The zero-order chi connectivity index (χ0) is 23.2. The normalized spacial score (nSPS) is 25.2. The molecular weight excluding hydrogens is 438 g/mol. The fraction of sp³-hybridized carbons (Fsp3) is 0.552. The Balaban J connectivity index is 1.08. The molecule has 4 nitrogen and oxygen atoms in total. The van der Waals surface area contributed by atoms with Crippen LogP contribution in [0.5, 0.6) is 0 Å². The highest BCUT2D eigenvalue weighted by Crippen LogP contribution is 2.46. The van der Waals surface area contributed by atoms with E-state index in [2.05, 4.69) is 69.7 Å². The van der Waals surface area contributed by atoms with Crippen LogP contribution in [0.2, 0.25) is 0 Å². The van der Waals surface area contributed by atoms with Gasteiger partial charge in [-0.15, -0.1) is 11.8 Å². The van der Waals surface area contributed by atoms with Crippen molar-refractivity contribution in [1.82, 2.24) is 10.2 Å². The standard InChI is InChI=1S/C29H39N3OS/c33-28(16-8-9-17-31-18-20-32(21-19-31)24-11-2-1-3-12-24)30-29-25-13-5-4-10-23(25)22-34-27-15-7-6-14-26(27)29/h1-3,6-7,11-12,14-15,23,25,29H,4-5,8-10,13,16-22H2,(H,30,33)/t23-,25+,29+/m0/s1. The van der Waals surface area contributed by atoms with E-state index in [0.717, 1.165) is 51.5 Å². The van der Waals surface area contributed by atoms with E-state index < -0.39 is 0 Å². The molecule has 0 unspecified atom stereocenters. The molecule has 1 aliphatic carbocycles. The summed E-state index contributed by atoms with van der Waals surface area (Å²) in [6, 6.07) is 19.7. The van der Waals surface area contributed by atoms with Crippen molar-refractivity contribution in [3.05, 3.63) is 60.2 Å². The Morgan fingerprint density at radius 3 is 2.53 bits per heavy atom. The molecule has 2 heterocycles. The van der Waals surface area contributed by atoms with Gasteiger partial charge in [0.05, 0.1) is 6.04 Å². The molecule has 1 amide bonds. The van der Waals surface area contributed by atoms with Gasteiger partial charge in [-0.1, -0.05) is 49.2 Å². The van der Waals surface area contributed by atoms with Crippen LogP contribution in [0.25, 0.3) is 0 Å². The van der Waals surface area contributed by atoms with E-state index in [1.807, 2.05) is 11.8 Å². The molecule has 0 bridgehead atoms. The van der Waals surface area contributed by atoms with E-state index in [1.165, 1.54) is 47.6 Å². The zero-order valence-corrected chi connectivity index (χ0v) is 21.1. The minimum absolute atomic E-state index is 0.190. The molecule has 2 aromatic rings. The van der Waals surface area contributed by atoms with E-state index >= 15 is 0 Å². The molecule has 2 fully saturated rings. The summed E-state index contributed by atoms with van der Waals surface area (Å²) in [7, 11) is 0. The van der Waals surface area contributed by atoms with Crippen LogP contribution in [0.15, 0.2) is 59.5 Å². The molecule has 5 rings (SSSR count). The van der Waals surface area contributed by atoms with Gasteiger partial charge in [0.25, 0.3) is 0 Å². The maximum absolute atomic E-state index is 13.0. The summed E-state index contributed by atoms with van der Waals surface area (Å²) in [5.41, 5.74) is 2.68. The predicted molar refractivity (Wildman–Crippen MR) is 142 cm³/mol. The van der Waals surface area contributed by atoms with Crippen LogP contribution in [-0.2, 0) is 4.79 Å². The predicted octanol–water partition coefficient (Wildman–Crippen LogP) is 5.75. The number of nitrogens with zero attached hydrogens (tertiary/aromatic N) is 2. The summed E-state index contributed by atoms with van der Waals surface area (Å²) < 4.78 is 0. The first-order chi connectivity index (χ1) is 16.8. The number of benzene rings is 2. The number of piperazine rings is 1. The largest absolute Gasteiger partial charge is 0.369 e. The minimum Gasteiger partial charge on any atom is -0.369 e. The summed E-state index contributed by atoms with van der Waals surface area (Å²) >= 11 is 2.00. The number of hydrogen-bond acceptors (Lipinski definition) is 4. The molecule has 1 saturated carbocycles. The van der Waals surface area contributed by atoms with Gasteiger partial charge < -0.3 is 10.2 Å². The van der Waals surface area contributed by atoms with Gasteiger partial charge in [0.15, 0.2) is 0 Å². The molecule has 1 saturated heterocycles. The van der Waals surface area contributed by atoms with E-state index in [4.69, 9.17) is 0 Å². The summed E-state index contributed by atoms with van der Waals surface area (Å²) in [4.78, 5) is 19.4. The van der Waals surface area contributed by atoms with Crippen LogP contribution in [0.1, 0.15) is 56.6 Å². The van der Waals surface area contributed by atoms with Gasteiger partial charge in [-0.25, -0.2) is 0 Å². The van der Waals surface area contributed by atoms with E-state index in [-0.39, 0.29) is 11.9 Å². The second-order valence-electron chi connectivity index (χ2n) is 10.2. The molecular formula is C29H39N3OS. The van der Waals surface area contributed by atoms with Gasteiger partial charge >= 0.3 is 0 Å². The number of rotatable bonds is 7. The summed E-state index contributed by atoms with van der Waals surface area (Å²) in [5.74, 6) is 2.76. The molecule has 3 aliphatic rings. The molecule has 0 radical (unpaired) electrons. The molecule has 2 aromatic carbocycles. The van der Waals surface area contributed by atoms with Crippen LogP contribution in [0, 0.1) is 11.8 Å². The highest BCUT2D eigenvalue weighted by molar-refractivity contribution is 7.99. The smallest absolute Gasteiger partial charge is 0.220 e. The van der Waals surface area contributed by atoms with Crippen molar-refractivity contribution in [3.63, 3.8) is 0 Å². The SMILES string of the molecule is O=C(CCCCN1CCN(c2ccccc2)CC1)N[C@H]1c2ccccc2SC[C@@H]2CCCC[C@H]21. The number of thioether (sulfide) groups is 1. The maximum atomic E-state index is 13.0. The van der Waals surface area contributed by atoms with Crippen molar-refractivity contribution >= 4 is 23.4 Å². The highest BCUT2D eigenvalue weighted by atomic mass is 32.2. The molecule has 1 N–H and O–H groups in total. The fourth-order valence-electron chi connectivity index (χ4n) is 6.10. The number of nitrogens with one attached hydrogen (secondary N) is 1. The highest BCUT2D eigenvalue weighted by Gasteiger charge is 2.36. The Morgan fingerprint density at radius 2 is 1.68 bits per heavy atom. The van der Waals surface area contributed by atoms with Crippen LogP contribution in [0.3, 0.4) is 0 Å². The third-order valence-corrected chi connectivity index (χ3v) is 9.32. The zero-order valence-electron chi connectivity index (χ0n) is 20.3. The lowest BCUT2D eigenvalue weighted by Gasteiger charge is -2.36. The lowest BCUT2D eigenvalue weighted by atomic mass is 9.74. The van der Waals surface area contributed by atoms with Crippen LogP contribution >= 0.6 is 11.8 Å². The number of fused-ring (bicyclic) bond motifs is 2. The van der Waals surface area contributed by atoms with Crippen molar-refractivity contribution in [2.45, 2.75) is 55.9 Å². The minimum atomic E-state index is 0.190. The number of unbranched alkanes of at least 4 members (excludes halogenated alkanes) is 1. The quantitative estimate of drug-likeness (QED) is 0.515. The Bertz CT molecular complexity index is 928. The number of carbonyl (C=O) groups excluding carboxylic acids is 1. The van der Waals surface area contributed by atoms with Gasteiger partial charge in [-0.2, -0.15) is 0 Å². The van der Waals surface area contributed by atoms with Crippen LogP contribution in [0.4, 0.5) is 5.69 Å². The Kier molecular flexibility index (Phi) is 8.13. The number of anilines is 1. The summed E-state index contributed by atoms with van der Waals surface area (Å²) in [5, 5.41) is 3.50. The van der Waals surface area contributed by atoms with E-state index in [9.17, 15) is 4.79 Å². The first kappa shape index (κ1) is 23.7. The second kappa shape index (κ2) is 11.6. The number of para-hydroxylation sites is 1. The molecule has 182 valence electrons. The topological polar surface area (TPSA) is 35.6 Å².